The van der Waals surface area contributed by atoms with Gasteiger partial charge in [0.25, 0.3) is 0 Å². The Hall–Kier alpha value is -3.53. The molecular formula is C63H109NO8. The number of carboxylic acid groups (broad SMARTS) is 1. The third-order valence-electron chi connectivity index (χ3n) is 12.4. The molecule has 9 nitrogen and oxygen atoms in total. The molecule has 0 aliphatic heterocycles. The number of carboxylic acids is 1. The van der Waals surface area contributed by atoms with Gasteiger partial charge in [0, 0.05) is 12.8 Å². The summed E-state index contributed by atoms with van der Waals surface area (Å²) < 4.78 is 22.7. The molecule has 0 amide bonds. The van der Waals surface area contributed by atoms with Crippen LogP contribution in [0.4, 0.5) is 0 Å². The Morgan fingerprint density at radius 3 is 1.19 bits per heavy atom. The van der Waals surface area contributed by atoms with Crippen molar-refractivity contribution >= 4 is 17.9 Å². The molecule has 9 heteroatoms. The van der Waals surface area contributed by atoms with Crippen molar-refractivity contribution in [3.63, 3.8) is 0 Å². The second-order valence-corrected chi connectivity index (χ2v) is 20.5. The third kappa shape index (κ3) is 54.2. The van der Waals surface area contributed by atoms with Gasteiger partial charge in [0.05, 0.1) is 40.3 Å². The lowest BCUT2D eigenvalue weighted by molar-refractivity contribution is -0.870. The molecular weight excluding hydrogens is 899 g/mol. The van der Waals surface area contributed by atoms with E-state index in [2.05, 4.69) is 98.9 Å². The van der Waals surface area contributed by atoms with Gasteiger partial charge in [-0.05, 0) is 89.9 Å². The second-order valence-electron chi connectivity index (χ2n) is 20.5. The Morgan fingerprint density at radius 2 is 0.792 bits per heavy atom. The van der Waals surface area contributed by atoms with Gasteiger partial charge in [0.2, 0.25) is 0 Å². The number of ether oxygens (including phenoxy) is 4. The Kier molecular flexibility index (Phi) is 51.1. The molecule has 72 heavy (non-hydrogen) atoms. The number of hydrogen-bond donors (Lipinski definition) is 0. The van der Waals surface area contributed by atoms with Crippen molar-refractivity contribution < 1.29 is 42.9 Å². The van der Waals surface area contributed by atoms with Crippen LogP contribution in [-0.2, 0) is 33.3 Å². The first-order valence-electron chi connectivity index (χ1n) is 29.2. The lowest BCUT2D eigenvalue weighted by Crippen LogP contribution is -2.44. The highest BCUT2D eigenvalue weighted by Gasteiger charge is 2.22. The molecule has 0 saturated carbocycles. The first-order valence-corrected chi connectivity index (χ1v) is 29.2. The molecule has 0 aliphatic carbocycles. The van der Waals surface area contributed by atoms with Crippen molar-refractivity contribution in [3.8, 4) is 0 Å². The van der Waals surface area contributed by atoms with Crippen LogP contribution in [0.15, 0.2) is 85.1 Å². The summed E-state index contributed by atoms with van der Waals surface area (Å²) in [7, 11) is 5.91. The van der Waals surface area contributed by atoms with Gasteiger partial charge in [-0.3, -0.25) is 9.59 Å². The van der Waals surface area contributed by atoms with E-state index >= 15 is 0 Å². The van der Waals surface area contributed by atoms with Crippen molar-refractivity contribution in [1.82, 2.24) is 0 Å². The highest BCUT2D eigenvalue weighted by molar-refractivity contribution is 5.70. The predicted octanol–water partition coefficient (Wildman–Crippen LogP) is 15.8. The molecule has 0 N–H and O–H groups in total. The number of aliphatic carboxylic acids is 1. The largest absolute Gasteiger partial charge is 0.545 e. The van der Waals surface area contributed by atoms with Crippen molar-refractivity contribution in [2.75, 3.05) is 47.5 Å². The van der Waals surface area contributed by atoms with Crippen molar-refractivity contribution in [2.45, 2.75) is 251 Å². The molecule has 0 saturated heterocycles. The summed E-state index contributed by atoms with van der Waals surface area (Å²) in [6, 6.07) is 0. The highest BCUT2D eigenvalue weighted by Crippen LogP contribution is 2.16. The smallest absolute Gasteiger partial charge is 0.306 e. The van der Waals surface area contributed by atoms with Gasteiger partial charge in [-0.2, -0.15) is 0 Å². The van der Waals surface area contributed by atoms with Crippen molar-refractivity contribution in [3.05, 3.63) is 85.1 Å². The molecule has 414 valence electrons. The van der Waals surface area contributed by atoms with Crippen LogP contribution < -0.4 is 5.11 Å². The Balaban J connectivity index is 4.15. The Bertz CT molecular complexity index is 1450. The molecule has 2 unspecified atom stereocenters. The Morgan fingerprint density at radius 1 is 0.431 bits per heavy atom. The van der Waals surface area contributed by atoms with Crippen LogP contribution in [0.3, 0.4) is 0 Å². The molecule has 2 atom stereocenters. The summed E-state index contributed by atoms with van der Waals surface area (Å²) in [4.78, 5) is 37.2. The average Bonchev–Trinajstić information content (AvgIpc) is 3.35. The first kappa shape index (κ1) is 68.5. The predicted molar refractivity (Wildman–Crippen MR) is 301 cm³/mol. The molecule has 0 bridgehead atoms. The van der Waals surface area contributed by atoms with E-state index in [1.807, 2.05) is 21.1 Å². The molecule has 0 rings (SSSR count). The van der Waals surface area contributed by atoms with Crippen LogP contribution >= 0.6 is 0 Å². The van der Waals surface area contributed by atoms with Gasteiger partial charge >= 0.3 is 11.9 Å². The molecule has 0 aromatic carbocycles. The van der Waals surface area contributed by atoms with Crippen molar-refractivity contribution in [2.24, 2.45) is 0 Å². The van der Waals surface area contributed by atoms with E-state index in [-0.39, 0.29) is 38.6 Å². The minimum atomic E-state index is -1.62. The minimum absolute atomic E-state index is 0.144. The average molecular weight is 1010 g/mol. The zero-order valence-electron chi connectivity index (χ0n) is 47.0. The lowest BCUT2D eigenvalue weighted by atomic mass is 10.0. The summed E-state index contributed by atoms with van der Waals surface area (Å²) >= 11 is 0. The van der Waals surface area contributed by atoms with Gasteiger partial charge in [0.15, 0.2) is 12.4 Å². The van der Waals surface area contributed by atoms with E-state index in [4.69, 9.17) is 18.9 Å². The first-order chi connectivity index (χ1) is 35.1. The molecule has 0 heterocycles. The summed E-state index contributed by atoms with van der Waals surface area (Å²) in [5, 5.41) is 11.8. The van der Waals surface area contributed by atoms with E-state index in [9.17, 15) is 19.5 Å². The maximum Gasteiger partial charge on any atom is 0.306 e. The number of carbonyl (C=O) groups excluding carboxylic acids is 3. The molecule has 0 fully saturated rings. The zero-order chi connectivity index (χ0) is 52.7. The van der Waals surface area contributed by atoms with Crippen LogP contribution in [0.5, 0.6) is 0 Å². The Labute approximate surface area is 442 Å². The molecule has 0 aromatic heterocycles. The number of nitrogens with zero attached hydrogens (tertiary/aromatic N) is 1. The lowest BCUT2D eigenvalue weighted by Gasteiger charge is -2.26. The van der Waals surface area contributed by atoms with E-state index < -0.39 is 24.3 Å². The molecule has 0 aromatic rings. The standard InChI is InChI=1S/C63H109NO8/c1-6-8-10-12-14-16-18-20-22-23-24-25-26-27-28-29-30-31-32-33-34-35-36-37-38-39-40-42-44-46-48-50-52-54-61(66)72-59(58-71-63(62(67)68)69-56-55-64(3,4)5)57-70-60(65)53-51-49-47-45-43-41-21-19-17-15-13-11-9-7-2/h8,10,14,16,19-22,24-25,27-28,30-31,59,63H,6-7,9,11-13,15,17-18,23,26,29,32-58H2,1-5H3/b10-8-,16-14-,21-19-,22-20-,25-24-,28-27-,31-30-. The molecule has 0 spiro atoms. The van der Waals surface area contributed by atoms with Crippen molar-refractivity contribution in [1.29, 1.82) is 0 Å². The number of likely N-dealkylation sites (N-methyl/N-ethyl adjacent to an activating group) is 1. The SMILES string of the molecule is CC/C=C\C/C=C\C/C=C\C/C=C\C/C=C\C/C=C\CCCCCCCCCCCCCCCCC(=O)OC(COC(=O)CCCCCCC/C=C\CCCCCCC)COC(OCC[N+](C)(C)C)C(=O)[O-]. The van der Waals surface area contributed by atoms with Crippen LogP contribution in [-0.4, -0.2) is 82.3 Å². The van der Waals surface area contributed by atoms with E-state index in [0.717, 1.165) is 96.3 Å². The molecule has 0 radical (unpaired) electrons. The highest BCUT2D eigenvalue weighted by atomic mass is 16.7. The van der Waals surface area contributed by atoms with E-state index in [1.54, 1.807) is 0 Å². The van der Waals surface area contributed by atoms with Crippen LogP contribution in [0.1, 0.15) is 239 Å². The van der Waals surface area contributed by atoms with Gasteiger partial charge in [-0.1, -0.05) is 221 Å². The van der Waals surface area contributed by atoms with Gasteiger partial charge in [0.1, 0.15) is 13.2 Å². The fourth-order valence-electron chi connectivity index (χ4n) is 7.89. The van der Waals surface area contributed by atoms with Crippen LogP contribution in [0.25, 0.3) is 0 Å². The maximum absolute atomic E-state index is 12.9. The van der Waals surface area contributed by atoms with Crippen LogP contribution in [0, 0.1) is 0 Å². The van der Waals surface area contributed by atoms with Crippen LogP contribution in [0.2, 0.25) is 0 Å². The maximum atomic E-state index is 12.9. The van der Waals surface area contributed by atoms with Gasteiger partial charge in [-0.25, -0.2) is 0 Å². The summed E-state index contributed by atoms with van der Waals surface area (Å²) in [6.45, 7) is 4.62. The number of unbranched alkanes of at least 4 members (excludes halogenated alkanes) is 24. The second kappa shape index (κ2) is 53.8. The quantitative estimate of drug-likeness (QED) is 0.0195. The van der Waals surface area contributed by atoms with Gasteiger partial charge < -0.3 is 33.3 Å². The number of quaternary nitrogens is 1. The fourth-order valence-corrected chi connectivity index (χ4v) is 7.89. The molecule has 0 aliphatic rings. The third-order valence-corrected chi connectivity index (χ3v) is 12.4. The normalized spacial score (nSPS) is 13.4. The summed E-state index contributed by atoms with van der Waals surface area (Å²) in [5.74, 6) is -2.29. The fraction of sp³-hybridized carbons (Fsp3) is 0.730. The van der Waals surface area contributed by atoms with Gasteiger partial charge in [-0.15, -0.1) is 0 Å². The summed E-state index contributed by atoms with van der Waals surface area (Å²) in [5.41, 5.74) is 0. The number of esters is 2. The van der Waals surface area contributed by atoms with E-state index in [1.165, 1.54) is 109 Å². The van der Waals surface area contributed by atoms with E-state index in [0.29, 0.717) is 17.4 Å². The monoisotopic (exact) mass is 1010 g/mol. The summed E-state index contributed by atoms with van der Waals surface area (Å²) in [6.07, 6.45) is 67.8. The number of carbonyl (C=O) groups is 3. The number of rotatable bonds is 53. The zero-order valence-corrected chi connectivity index (χ0v) is 47.0. The number of allylic oxidation sites excluding steroid dienone is 14. The number of hydrogen-bond acceptors (Lipinski definition) is 8. The topological polar surface area (TPSA) is 111 Å². The minimum Gasteiger partial charge on any atom is -0.545 e.